The minimum Gasteiger partial charge on any atom is -0.371 e. The molecule has 0 radical (unpaired) electrons. The summed E-state index contributed by atoms with van der Waals surface area (Å²) < 4.78 is 5.77. The van der Waals surface area contributed by atoms with E-state index in [1.54, 1.807) is 7.05 Å². The van der Waals surface area contributed by atoms with Gasteiger partial charge in [-0.1, -0.05) is 24.3 Å². The zero-order valence-corrected chi connectivity index (χ0v) is 14.8. The van der Waals surface area contributed by atoms with Crippen LogP contribution in [0.15, 0.2) is 29.4 Å². The summed E-state index contributed by atoms with van der Waals surface area (Å²) in [5, 5.41) is 8.10. The maximum absolute atomic E-state index is 12.2. The maximum Gasteiger partial charge on any atom is 0.267 e. The van der Waals surface area contributed by atoms with Gasteiger partial charge in [0.2, 0.25) is 5.91 Å². The number of hydrogen-bond donors (Lipinski definition) is 1. The molecule has 0 bridgehead atoms. The van der Waals surface area contributed by atoms with Gasteiger partial charge < -0.3 is 10.1 Å². The van der Waals surface area contributed by atoms with E-state index in [0.29, 0.717) is 31.7 Å². The van der Waals surface area contributed by atoms with Crippen LogP contribution in [-0.4, -0.2) is 35.2 Å². The van der Waals surface area contributed by atoms with Gasteiger partial charge in [0.25, 0.3) is 5.91 Å². The molecule has 0 aliphatic carbocycles. The molecular formula is C18H25N3O3. The highest BCUT2D eigenvalue weighted by molar-refractivity contribution is 6.39. The number of nitrogens with zero attached hydrogens (tertiary/aromatic N) is 2. The van der Waals surface area contributed by atoms with E-state index in [1.807, 2.05) is 45.0 Å². The fourth-order valence-electron chi connectivity index (χ4n) is 2.25. The summed E-state index contributed by atoms with van der Waals surface area (Å²) in [5.41, 5.74) is 2.27. The number of hydrogen-bond acceptors (Lipinski definition) is 4. The van der Waals surface area contributed by atoms with Crippen LogP contribution in [0.5, 0.6) is 0 Å². The molecule has 0 unspecified atom stereocenters. The van der Waals surface area contributed by atoms with Crippen molar-refractivity contribution in [3.05, 3.63) is 35.4 Å². The summed E-state index contributed by atoms with van der Waals surface area (Å²) in [5.74, 6) is -0.302. The zero-order valence-electron chi connectivity index (χ0n) is 14.8. The van der Waals surface area contributed by atoms with Crippen LogP contribution in [-0.2, 0) is 27.5 Å². The number of amides is 2. The second-order valence-corrected chi connectivity index (χ2v) is 6.87. The van der Waals surface area contributed by atoms with Gasteiger partial charge >= 0.3 is 0 Å². The predicted molar refractivity (Wildman–Crippen MR) is 92.3 cm³/mol. The molecule has 1 aliphatic rings. The van der Waals surface area contributed by atoms with Crippen molar-refractivity contribution >= 4 is 17.5 Å². The predicted octanol–water partition coefficient (Wildman–Crippen LogP) is 2.23. The lowest BCUT2D eigenvalue weighted by atomic mass is 10.1. The molecule has 0 spiro atoms. The average Bonchev–Trinajstić information content (AvgIpc) is 2.53. The summed E-state index contributed by atoms with van der Waals surface area (Å²) >= 11 is 0. The van der Waals surface area contributed by atoms with E-state index in [-0.39, 0.29) is 17.4 Å². The van der Waals surface area contributed by atoms with Crippen molar-refractivity contribution in [2.45, 2.75) is 52.4 Å². The van der Waals surface area contributed by atoms with Crippen LogP contribution in [0.4, 0.5) is 0 Å². The standard InChI is InChI=1S/C18H25N3O3/c1-18(2,3)24-12-14-7-5-6-13(10-14)11-19-17(23)15-8-9-16(22)21(4)20-15/h5-7,10H,8-9,11-12H2,1-4H3,(H,19,23). The first-order valence-electron chi connectivity index (χ1n) is 8.08. The maximum atomic E-state index is 12.2. The summed E-state index contributed by atoms with van der Waals surface area (Å²) in [6.45, 7) is 7.00. The molecule has 1 heterocycles. The SMILES string of the molecule is CN1N=C(C(=O)NCc2cccc(COC(C)(C)C)c2)CCC1=O. The van der Waals surface area contributed by atoms with Crippen molar-refractivity contribution in [1.29, 1.82) is 0 Å². The number of ether oxygens (including phenoxy) is 1. The van der Waals surface area contributed by atoms with Gasteiger partial charge in [-0.25, -0.2) is 5.01 Å². The lowest BCUT2D eigenvalue weighted by Crippen LogP contribution is -2.37. The molecular weight excluding hydrogens is 306 g/mol. The van der Waals surface area contributed by atoms with Gasteiger partial charge in [-0.3, -0.25) is 9.59 Å². The largest absolute Gasteiger partial charge is 0.371 e. The van der Waals surface area contributed by atoms with Crippen LogP contribution in [0.25, 0.3) is 0 Å². The van der Waals surface area contributed by atoms with Gasteiger partial charge in [0.1, 0.15) is 5.71 Å². The van der Waals surface area contributed by atoms with Crippen molar-refractivity contribution < 1.29 is 14.3 Å². The van der Waals surface area contributed by atoms with Crippen LogP contribution >= 0.6 is 0 Å². The molecule has 0 saturated carbocycles. The monoisotopic (exact) mass is 331 g/mol. The number of rotatable bonds is 5. The van der Waals surface area contributed by atoms with E-state index in [4.69, 9.17) is 4.74 Å². The number of nitrogens with one attached hydrogen (secondary N) is 1. The Morgan fingerprint density at radius 2 is 2.00 bits per heavy atom. The topological polar surface area (TPSA) is 71.0 Å². The van der Waals surface area contributed by atoms with Crippen LogP contribution in [0, 0.1) is 0 Å². The van der Waals surface area contributed by atoms with E-state index >= 15 is 0 Å². The Balaban J connectivity index is 1.91. The summed E-state index contributed by atoms with van der Waals surface area (Å²) in [7, 11) is 1.56. The first-order chi connectivity index (χ1) is 11.2. The molecule has 0 aromatic heterocycles. The lowest BCUT2D eigenvalue weighted by molar-refractivity contribution is -0.130. The highest BCUT2D eigenvalue weighted by Crippen LogP contribution is 2.13. The van der Waals surface area contributed by atoms with Gasteiger partial charge in [-0.05, 0) is 31.9 Å². The zero-order chi connectivity index (χ0) is 17.7. The molecule has 0 atom stereocenters. The van der Waals surface area contributed by atoms with E-state index in [9.17, 15) is 9.59 Å². The smallest absolute Gasteiger partial charge is 0.267 e. The number of hydrazone groups is 1. The van der Waals surface area contributed by atoms with Crippen molar-refractivity contribution in [2.75, 3.05) is 7.05 Å². The summed E-state index contributed by atoms with van der Waals surface area (Å²) in [4.78, 5) is 23.5. The average molecular weight is 331 g/mol. The summed E-state index contributed by atoms with van der Waals surface area (Å²) in [6, 6.07) is 7.93. The second kappa shape index (κ2) is 7.57. The van der Waals surface area contributed by atoms with Crippen molar-refractivity contribution in [2.24, 2.45) is 5.10 Å². The van der Waals surface area contributed by atoms with E-state index < -0.39 is 0 Å². The van der Waals surface area contributed by atoms with Gasteiger partial charge in [0, 0.05) is 26.4 Å². The van der Waals surface area contributed by atoms with Crippen LogP contribution in [0.3, 0.4) is 0 Å². The first kappa shape index (κ1) is 18.1. The Labute approximate surface area is 142 Å². The number of benzene rings is 1. The van der Waals surface area contributed by atoms with Gasteiger partial charge in [-0.15, -0.1) is 0 Å². The lowest BCUT2D eigenvalue weighted by Gasteiger charge is -2.20. The van der Waals surface area contributed by atoms with Crippen molar-refractivity contribution in [3.8, 4) is 0 Å². The quantitative estimate of drug-likeness (QED) is 0.899. The molecule has 2 amide bonds. The highest BCUT2D eigenvalue weighted by Gasteiger charge is 2.21. The van der Waals surface area contributed by atoms with Gasteiger partial charge in [0.15, 0.2) is 0 Å². The third-order valence-corrected chi connectivity index (χ3v) is 3.59. The molecule has 2 rings (SSSR count). The van der Waals surface area contributed by atoms with Crippen molar-refractivity contribution in [3.63, 3.8) is 0 Å². The fraction of sp³-hybridized carbons (Fsp3) is 0.500. The molecule has 24 heavy (non-hydrogen) atoms. The Kier molecular flexibility index (Phi) is 5.72. The van der Waals surface area contributed by atoms with Crippen molar-refractivity contribution in [1.82, 2.24) is 10.3 Å². The van der Waals surface area contributed by atoms with Crippen LogP contribution in [0.2, 0.25) is 0 Å². The minimum atomic E-state index is -0.231. The third kappa shape index (κ3) is 5.45. The Bertz CT molecular complexity index is 647. The summed E-state index contributed by atoms with van der Waals surface area (Å²) in [6.07, 6.45) is 0.705. The molecule has 1 N–H and O–H groups in total. The van der Waals surface area contributed by atoms with E-state index in [2.05, 4.69) is 10.4 Å². The Morgan fingerprint density at radius 1 is 1.29 bits per heavy atom. The molecule has 6 nitrogen and oxygen atoms in total. The molecule has 6 heteroatoms. The van der Waals surface area contributed by atoms with Crippen LogP contribution in [0.1, 0.15) is 44.7 Å². The normalized spacial score (nSPS) is 15.2. The minimum absolute atomic E-state index is 0.0712. The van der Waals surface area contributed by atoms with E-state index in [1.165, 1.54) is 5.01 Å². The Morgan fingerprint density at radius 3 is 2.67 bits per heavy atom. The first-order valence-corrected chi connectivity index (χ1v) is 8.08. The molecule has 0 fully saturated rings. The number of carbonyl (C=O) groups is 2. The molecule has 1 aromatic rings. The molecule has 130 valence electrons. The third-order valence-electron chi connectivity index (χ3n) is 3.59. The Hall–Kier alpha value is -2.21. The number of carbonyl (C=O) groups excluding carboxylic acids is 2. The van der Waals surface area contributed by atoms with Gasteiger partial charge in [-0.2, -0.15) is 5.10 Å². The highest BCUT2D eigenvalue weighted by atomic mass is 16.5. The molecule has 1 aliphatic heterocycles. The molecule has 1 aromatic carbocycles. The van der Waals surface area contributed by atoms with Gasteiger partial charge in [0.05, 0.1) is 12.2 Å². The van der Waals surface area contributed by atoms with Crippen LogP contribution < -0.4 is 5.32 Å². The van der Waals surface area contributed by atoms with E-state index in [0.717, 1.165) is 11.1 Å². The molecule has 0 saturated heterocycles. The second-order valence-electron chi connectivity index (χ2n) is 6.87. The fourth-order valence-corrected chi connectivity index (χ4v) is 2.25.